The van der Waals surface area contributed by atoms with E-state index in [2.05, 4.69) is 19.2 Å². The largest absolute Gasteiger partial charge is 0.416 e. The Bertz CT molecular complexity index is 420. The first-order valence-corrected chi connectivity index (χ1v) is 8.42. The Hall–Kier alpha value is -0.680. The molecule has 1 rings (SSSR count). The van der Waals surface area contributed by atoms with Crippen LogP contribution in [-0.2, 0) is 12.6 Å². The van der Waals surface area contributed by atoms with E-state index in [-0.39, 0.29) is 6.04 Å². The van der Waals surface area contributed by atoms with Crippen LogP contribution in [-0.4, -0.2) is 23.6 Å². The molecule has 0 amide bonds. The third-order valence-electron chi connectivity index (χ3n) is 3.39. The molecule has 0 fully saturated rings. The van der Waals surface area contributed by atoms with Gasteiger partial charge >= 0.3 is 6.18 Å². The Labute approximate surface area is 129 Å². The molecule has 0 saturated carbocycles. The second-order valence-electron chi connectivity index (χ2n) is 5.21. The van der Waals surface area contributed by atoms with E-state index < -0.39 is 11.7 Å². The van der Waals surface area contributed by atoms with Gasteiger partial charge in [-0.2, -0.15) is 24.9 Å². The first kappa shape index (κ1) is 18.4. The maximum atomic E-state index is 12.7. The lowest BCUT2D eigenvalue weighted by molar-refractivity contribution is -0.137. The smallest absolute Gasteiger partial charge is 0.313 e. The third-order valence-corrected chi connectivity index (χ3v) is 4.88. The highest BCUT2D eigenvalue weighted by molar-refractivity contribution is 7.99. The zero-order chi connectivity index (χ0) is 15.9. The first-order chi connectivity index (χ1) is 9.86. The number of benzene rings is 1. The number of likely N-dealkylation sites (N-methyl/N-ethyl adjacent to an activating group) is 1. The van der Waals surface area contributed by atoms with Crippen molar-refractivity contribution < 1.29 is 13.2 Å². The zero-order valence-corrected chi connectivity index (χ0v) is 13.7. The van der Waals surface area contributed by atoms with Crippen molar-refractivity contribution in [2.75, 3.05) is 12.3 Å². The molecule has 0 aliphatic heterocycles. The highest BCUT2D eigenvalue weighted by Gasteiger charge is 2.30. The van der Waals surface area contributed by atoms with Gasteiger partial charge in [-0.25, -0.2) is 0 Å². The molecular weight excluding hydrogens is 295 g/mol. The molecule has 2 unspecified atom stereocenters. The van der Waals surface area contributed by atoms with E-state index in [0.29, 0.717) is 11.7 Å². The summed E-state index contributed by atoms with van der Waals surface area (Å²) in [5.41, 5.74) is 0.172. The normalized spacial score (nSPS) is 15.0. The van der Waals surface area contributed by atoms with Gasteiger partial charge in [-0.05, 0) is 31.0 Å². The fourth-order valence-electron chi connectivity index (χ4n) is 2.04. The van der Waals surface area contributed by atoms with Crippen LogP contribution in [0.1, 0.15) is 38.3 Å². The van der Waals surface area contributed by atoms with Gasteiger partial charge in [-0.3, -0.25) is 0 Å². The second-order valence-corrected chi connectivity index (χ2v) is 6.68. The van der Waals surface area contributed by atoms with Crippen LogP contribution in [0.15, 0.2) is 24.3 Å². The van der Waals surface area contributed by atoms with E-state index in [0.717, 1.165) is 30.3 Å². The van der Waals surface area contributed by atoms with E-state index in [1.54, 1.807) is 6.07 Å². The zero-order valence-electron chi connectivity index (χ0n) is 12.8. The van der Waals surface area contributed by atoms with Crippen molar-refractivity contribution in [3.05, 3.63) is 35.4 Å². The van der Waals surface area contributed by atoms with Crippen LogP contribution >= 0.6 is 11.8 Å². The number of hydrogen-bond donors (Lipinski definition) is 1. The summed E-state index contributed by atoms with van der Waals surface area (Å²) in [6, 6.07) is 5.85. The highest BCUT2D eigenvalue weighted by Crippen LogP contribution is 2.29. The molecule has 0 spiro atoms. The second kappa shape index (κ2) is 8.69. The molecule has 1 aromatic carbocycles. The minimum absolute atomic E-state index is 0.206. The van der Waals surface area contributed by atoms with Crippen LogP contribution in [0, 0.1) is 0 Å². The summed E-state index contributed by atoms with van der Waals surface area (Å²) in [6.07, 6.45) is -2.54. The van der Waals surface area contributed by atoms with Crippen LogP contribution in [0.3, 0.4) is 0 Å². The SMILES string of the molecule is CCNC(CSC(C)CC)Cc1cccc(C(F)(F)F)c1. The number of nitrogens with one attached hydrogen (secondary N) is 1. The summed E-state index contributed by atoms with van der Waals surface area (Å²) in [7, 11) is 0. The van der Waals surface area contributed by atoms with Crippen LogP contribution in [0.5, 0.6) is 0 Å². The van der Waals surface area contributed by atoms with Gasteiger partial charge in [-0.1, -0.05) is 39.0 Å². The Morgan fingerprint density at radius 2 is 1.95 bits per heavy atom. The Morgan fingerprint density at radius 1 is 1.24 bits per heavy atom. The van der Waals surface area contributed by atoms with Crippen molar-refractivity contribution >= 4 is 11.8 Å². The van der Waals surface area contributed by atoms with E-state index in [4.69, 9.17) is 0 Å². The predicted octanol–water partition coefficient (Wildman–Crippen LogP) is 4.76. The average Bonchev–Trinajstić information content (AvgIpc) is 2.44. The molecule has 0 aliphatic rings. The summed E-state index contributed by atoms with van der Waals surface area (Å²) in [4.78, 5) is 0. The van der Waals surface area contributed by atoms with Gasteiger partial charge < -0.3 is 5.32 Å². The van der Waals surface area contributed by atoms with E-state index >= 15 is 0 Å². The summed E-state index contributed by atoms with van der Waals surface area (Å²) in [5, 5.41) is 3.94. The van der Waals surface area contributed by atoms with Crippen molar-refractivity contribution in [2.45, 2.75) is 51.1 Å². The van der Waals surface area contributed by atoms with Crippen LogP contribution in [0.25, 0.3) is 0 Å². The Morgan fingerprint density at radius 3 is 2.52 bits per heavy atom. The number of rotatable bonds is 8. The third kappa shape index (κ3) is 6.74. The first-order valence-electron chi connectivity index (χ1n) is 7.37. The van der Waals surface area contributed by atoms with E-state index in [1.807, 2.05) is 18.7 Å². The van der Waals surface area contributed by atoms with Gasteiger partial charge in [-0.15, -0.1) is 0 Å². The van der Waals surface area contributed by atoms with Crippen molar-refractivity contribution in [1.82, 2.24) is 5.32 Å². The number of hydrogen-bond acceptors (Lipinski definition) is 2. The minimum Gasteiger partial charge on any atom is -0.313 e. The van der Waals surface area contributed by atoms with Crippen molar-refractivity contribution in [1.29, 1.82) is 0 Å². The molecule has 2 atom stereocenters. The van der Waals surface area contributed by atoms with Gasteiger partial charge in [0.05, 0.1) is 5.56 Å². The number of alkyl halides is 3. The molecule has 0 saturated heterocycles. The minimum atomic E-state index is -4.27. The molecule has 1 aromatic rings. The summed E-state index contributed by atoms with van der Waals surface area (Å²) in [6.45, 7) is 7.17. The summed E-state index contributed by atoms with van der Waals surface area (Å²) >= 11 is 1.87. The summed E-state index contributed by atoms with van der Waals surface area (Å²) in [5.74, 6) is 0.916. The van der Waals surface area contributed by atoms with E-state index in [9.17, 15) is 13.2 Å². The monoisotopic (exact) mass is 319 g/mol. The Balaban J connectivity index is 2.70. The van der Waals surface area contributed by atoms with Crippen LogP contribution in [0.4, 0.5) is 13.2 Å². The topological polar surface area (TPSA) is 12.0 Å². The van der Waals surface area contributed by atoms with Gasteiger partial charge in [0.25, 0.3) is 0 Å². The number of thioether (sulfide) groups is 1. The van der Waals surface area contributed by atoms with Crippen molar-refractivity contribution in [3.8, 4) is 0 Å². The molecular formula is C16H24F3NS. The lowest BCUT2D eigenvalue weighted by Crippen LogP contribution is -2.33. The fourth-order valence-corrected chi connectivity index (χ4v) is 3.07. The van der Waals surface area contributed by atoms with Crippen molar-refractivity contribution in [3.63, 3.8) is 0 Å². The molecule has 0 aliphatic carbocycles. The Kier molecular flexibility index (Phi) is 7.60. The lowest BCUT2D eigenvalue weighted by Gasteiger charge is -2.20. The average molecular weight is 319 g/mol. The summed E-state index contributed by atoms with van der Waals surface area (Å²) < 4.78 is 38.2. The molecule has 0 heterocycles. The fraction of sp³-hybridized carbons (Fsp3) is 0.625. The number of halogens is 3. The van der Waals surface area contributed by atoms with Gasteiger partial charge in [0, 0.05) is 17.0 Å². The molecule has 0 aromatic heterocycles. The van der Waals surface area contributed by atoms with Gasteiger partial charge in [0.15, 0.2) is 0 Å². The predicted molar refractivity (Wildman–Crippen MR) is 84.8 cm³/mol. The quantitative estimate of drug-likeness (QED) is 0.741. The van der Waals surface area contributed by atoms with E-state index in [1.165, 1.54) is 12.1 Å². The molecule has 5 heteroatoms. The molecule has 0 radical (unpaired) electrons. The van der Waals surface area contributed by atoms with Crippen LogP contribution < -0.4 is 5.32 Å². The molecule has 0 bridgehead atoms. The van der Waals surface area contributed by atoms with Crippen molar-refractivity contribution in [2.24, 2.45) is 0 Å². The van der Waals surface area contributed by atoms with Crippen LogP contribution in [0.2, 0.25) is 0 Å². The standard InChI is InChI=1S/C16H24F3NS/c1-4-12(3)21-11-15(20-5-2)10-13-7-6-8-14(9-13)16(17,18)19/h6-9,12,15,20H,4-5,10-11H2,1-3H3. The molecule has 120 valence electrons. The molecule has 1 N–H and O–H groups in total. The molecule has 21 heavy (non-hydrogen) atoms. The highest BCUT2D eigenvalue weighted by atomic mass is 32.2. The maximum Gasteiger partial charge on any atom is 0.416 e. The van der Waals surface area contributed by atoms with Gasteiger partial charge in [0.2, 0.25) is 0 Å². The lowest BCUT2D eigenvalue weighted by atomic mass is 10.0. The molecule has 1 nitrogen and oxygen atoms in total. The van der Waals surface area contributed by atoms with Gasteiger partial charge in [0.1, 0.15) is 0 Å². The maximum absolute atomic E-state index is 12.7.